The Morgan fingerprint density at radius 2 is 2.04 bits per heavy atom. The maximum atomic E-state index is 12.3. The van der Waals surface area contributed by atoms with E-state index >= 15 is 0 Å². The number of aromatic nitrogens is 1. The molecular weight excluding hydrogens is 324 g/mol. The lowest BCUT2D eigenvalue weighted by Crippen LogP contribution is -2.40. The lowest BCUT2D eigenvalue weighted by Gasteiger charge is -2.35. The van der Waals surface area contributed by atoms with Gasteiger partial charge >= 0.3 is 6.09 Å². The summed E-state index contributed by atoms with van der Waals surface area (Å²) in [6.45, 7) is 0.610. The normalized spacial score (nSPS) is 16.9. The van der Waals surface area contributed by atoms with E-state index in [9.17, 15) is 4.79 Å². The van der Waals surface area contributed by atoms with Gasteiger partial charge in [-0.3, -0.25) is 4.90 Å². The highest BCUT2D eigenvalue weighted by molar-refractivity contribution is 6.31. The summed E-state index contributed by atoms with van der Waals surface area (Å²) in [7, 11) is 1.42. The first-order chi connectivity index (χ1) is 11.7. The Hall–Kier alpha value is -2.46. The highest BCUT2D eigenvalue weighted by Crippen LogP contribution is 2.39. The molecule has 122 valence electrons. The van der Waals surface area contributed by atoms with Gasteiger partial charge < -0.3 is 9.72 Å². The quantitative estimate of drug-likeness (QED) is 0.707. The van der Waals surface area contributed by atoms with Crippen LogP contribution in [0.4, 0.5) is 4.79 Å². The highest BCUT2D eigenvalue weighted by Gasteiger charge is 2.34. The van der Waals surface area contributed by atoms with E-state index in [1.165, 1.54) is 12.7 Å². The topological polar surface area (TPSA) is 45.3 Å². The molecule has 1 amide bonds. The van der Waals surface area contributed by atoms with Crippen molar-refractivity contribution in [2.75, 3.05) is 13.7 Å². The summed E-state index contributed by atoms with van der Waals surface area (Å²) in [4.78, 5) is 17.6. The largest absolute Gasteiger partial charge is 0.453 e. The van der Waals surface area contributed by atoms with Crippen LogP contribution in [0, 0.1) is 0 Å². The molecule has 0 fully saturated rings. The van der Waals surface area contributed by atoms with Crippen LogP contribution >= 0.6 is 11.6 Å². The number of hydrogen-bond acceptors (Lipinski definition) is 2. The molecule has 1 aliphatic rings. The Morgan fingerprint density at radius 3 is 2.79 bits per heavy atom. The number of carbonyl (C=O) groups is 1. The van der Waals surface area contributed by atoms with Gasteiger partial charge in [0.25, 0.3) is 0 Å². The Labute approximate surface area is 145 Å². The maximum Gasteiger partial charge on any atom is 0.410 e. The molecule has 0 radical (unpaired) electrons. The minimum atomic E-state index is -0.314. The van der Waals surface area contributed by atoms with Crippen LogP contribution in [0.2, 0.25) is 5.02 Å². The number of halogens is 1. The molecule has 0 saturated carbocycles. The average Bonchev–Trinajstić information content (AvgIpc) is 2.98. The van der Waals surface area contributed by atoms with Crippen LogP contribution in [0.15, 0.2) is 48.5 Å². The molecule has 2 aromatic carbocycles. The highest BCUT2D eigenvalue weighted by atomic mass is 35.5. The first kappa shape index (κ1) is 15.1. The monoisotopic (exact) mass is 340 g/mol. The van der Waals surface area contributed by atoms with Crippen LogP contribution in [0.1, 0.15) is 22.9 Å². The lowest BCUT2D eigenvalue weighted by atomic mass is 9.93. The molecule has 1 N–H and O–H groups in total. The molecule has 0 saturated heterocycles. The summed E-state index contributed by atoms with van der Waals surface area (Å²) in [6.07, 6.45) is 0.458. The van der Waals surface area contributed by atoms with Gasteiger partial charge in [0.1, 0.15) is 6.04 Å². The van der Waals surface area contributed by atoms with E-state index in [4.69, 9.17) is 16.3 Å². The summed E-state index contributed by atoms with van der Waals surface area (Å²) >= 11 is 6.17. The van der Waals surface area contributed by atoms with Crippen molar-refractivity contribution in [2.45, 2.75) is 12.5 Å². The Balaban J connectivity index is 1.92. The second kappa shape index (κ2) is 5.87. The average molecular weight is 341 g/mol. The van der Waals surface area contributed by atoms with Crippen molar-refractivity contribution >= 4 is 28.6 Å². The van der Waals surface area contributed by atoms with Gasteiger partial charge in [-0.2, -0.15) is 0 Å². The number of fused-ring (bicyclic) bond motifs is 3. The number of rotatable bonds is 1. The van der Waals surface area contributed by atoms with Gasteiger partial charge in [-0.25, -0.2) is 4.79 Å². The molecule has 2 heterocycles. The second-order valence-electron chi connectivity index (χ2n) is 5.93. The number of carbonyl (C=O) groups excluding carboxylic acids is 1. The SMILES string of the molecule is COC(=O)N1CCc2c([nH]c3ccc(Cl)cc23)C1c1ccccc1. The van der Waals surface area contributed by atoms with E-state index in [-0.39, 0.29) is 12.1 Å². The molecular formula is C19H17ClN2O2. The van der Waals surface area contributed by atoms with Gasteiger partial charge in [-0.15, -0.1) is 0 Å². The van der Waals surface area contributed by atoms with E-state index in [1.54, 1.807) is 4.90 Å². The van der Waals surface area contributed by atoms with Gasteiger partial charge in [0.15, 0.2) is 0 Å². The summed E-state index contributed by atoms with van der Waals surface area (Å²) in [5.74, 6) is 0. The zero-order valence-electron chi connectivity index (χ0n) is 13.3. The minimum absolute atomic E-state index is 0.187. The fraction of sp³-hybridized carbons (Fsp3) is 0.211. The van der Waals surface area contributed by atoms with Crippen LogP contribution in [-0.4, -0.2) is 29.6 Å². The number of aromatic amines is 1. The number of methoxy groups -OCH3 is 1. The fourth-order valence-corrected chi connectivity index (χ4v) is 3.73. The Morgan fingerprint density at radius 1 is 1.25 bits per heavy atom. The molecule has 4 rings (SSSR count). The zero-order valence-corrected chi connectivity index (χ0v) is 14.0. The Bertz CT molecular complexity index is 904. The van der Waals surface area contributed by atoms with Gasteiger partial charge in [0.05, 0.1) is 7.11 Å². The number of benzene rings is 2. The van der Waals surface area contributed by atoms with Gasteiger partial charge in [0.2, 0.25) is 0 Å². The molecule has 3 aromatic rings. The van der Waals surface area contributed by atoms with Gasteiger partial charge in [-0.05, 0) is 35.7 Å². The number of nitrogens with one attached hydrogen (secondary N) is 1. The number of amides is 1. The molecule has 1 unspecified atom stereocenters. The molecule has 4 nitrogen and oxygen atoms in total. The molecule has 1 aromatic heterocycles. The van der Waals surface area contributed by atoms with E-state index in [2.05, 4.69) is 4.98 Å². The van der Waals surface area contributed by atoms with E-state index in [1.807, 2.05) is 48.5 Å². The molecule has 5 heteroatoms. The van der Waals surface area contributed by atoms with E-state index in [0.29, 0.717) is 6.54 Å². The van der Waals surface area contributed by atoms with Gasteiger partial charge in [-0.1, -0.05) is 41.9 Å². The molecule has 24 heavy (non-hydrogen) atoms. The van der Waals surface area contributed by atoms with Crippen LogP contribution in [-0.2, 0) is 11.2 Å². The van der Waals surface area contributed by atoms with Crippen LogP contribution in [0.25, 0.3) is 10.9 Å². The zero-order chi connectivity index (χ0) is 16.7. The van der Waals surface area contributed by atoms with Crippen molar-refractivity contribution < 1.29 is 9.53 Å². The molecule has 0 aliphatic carbocycles. The van der Waals surface area contributed by atoms with E-state index < -0.39 is 0 Å². The number of ether oxygens (including phenoxy) is 1. The third-order valence-electron chi connectivity index (χ3n) is 4.61. The molecule has 0 spiro atoms. The van der Waals surface area contributed by atoms with E-state index in [0.717, 1.165) is 33.6 Å². The third-order valence-corrected chi connectivity index (χ3v) is 4.85. The summed E-state index contributed by atoms with van der Waals surface area (Å²) in [6, 6.07) is 15.7. The summed E-state index contributed by atoms with van der Waals surface area (Å²) in [5, 5.41) is 1.85. The van der Waals surface area contributed by atoms with Crippen LogP contribution in [0.5, 0.6) is 0 Å². The summed E-state index contributed by atoms with van der Waals surface area (Å²) < 4.78 is 5.00. The van der Waals surface area contributed by atoms with Crippen molar-refractivity contribution in [1.82, 2.24) is 9.88 Å². The van der Waals surface area contributed by atoms with Crippen molar-refractivity contribution in [1.29, 1.82) is 0 Å². The maximum absolute atomic E-state index is 12.3. The second-order valence-corrected chi connectivity index (χ2v) is 6.37. The Kier molecular flexibility index (Phi) is 3.69. The molecule has 0 bridgehead atoms. The van der Waals surface area contributed by atoms with Crippen LogP contribution < -0.4 is 0 Å². The third kappa shape index (κ3) is 2.34. The van der Waals surface area contributed by atoms with Gasteiger partial charge in [0, 0.05) is 28.2 Å². The van der Waals surface area contributed by atoms with Crippen molar-refractivity contribution in [3.05, 3.63) is 70.4 Å². The minimum Gasteiger partial charge on any atom is -0.453 e. The van der Waals surface area contributed by atoms with Crippen LogP contribution in [0.3, 0.4) is 0 Å². The number of nitrogens with zero attached hydrogens (tertiary/aromatic N) is 1. The predicted molar refractivity (Wildman–Crippen MR) is 94.4 cm³/mol. The van der Waals surface area contributed by atoms with Crippen molar-refractivity contribution in [3.63, 3.8) is 0 Å². The lowest BCUT2D eigenvalue weighted by molar-refractivity contribution is 0.108. The molecule has 1 atom stereocenters. The first-order valence-electron chi connectivity index (χ1n) is 7.88. The molecule has 1 aliphatic heterocycles. The predicted octanol–water partition coefficient (Wildman–Crippen LogP) is 4.54. The van der Waals surface area contributed by atoms with Crippen molar-refractivity contribution in [2.24, 2.45) is 0 Å². The number of H-pyrrole nitrogens is 1. The number of hydrogen-bond donors (Lipinski definition) is 1. The standard InChI is InChI=1S/C19H17ClN2O2/c1-24-19(23)22-10-9-14-15-11-13(20)7-8-16(15)21-17(14)18(22)12-5-3-2-4-6-12/h2-8,11,18,21H,9-10H2,1H3. The summed E-state index contributed by atoms with van der Waals surface area (Å²) in [5.41, 5.74) is 4.36. The first-order valence-corrected chi connectivity index (χ1v) is 8.26. The smallest absolute Gasteiger partial charge is 0.410 e. The fourth-order valence-electron chi connectivity index (χ4n) is 3.56. The van der Waals surface area contributed by atoms with Crippen molar-refractivity contribution in [3.8, 4) is 0 Å².